The van der Waals surface area contributed by atoms with Gasteiger partial charge in [-0.2, -0.15) is 0 Å². The number of nitrogens with zero attached hydrogens (tertiary/aromatic N) is 2. The van der Waals surface area contributed by atoms with Crippen LogP contribution in [0.4, 0.5) is 10.1 Å². The van der Waals surface area contributed by atoms with E-state index in [1.807, 2.05) is 19.0 Å². The van der Waals surface area contributed by atoms with Gasteiger partial charge < -0.3 is 19.9 Å². The normalized spacial score (nSPS) is 13.0. The number of carbonyl (C=O) groups is 2. The molecule has 2 amide bonds. The van der Waals surface area contributed by atoms with Crippen molar-refractivity contribution < 1.29 is 18.7 Å². The number of hydrogen-bond acceptors (Lipinski definition) is 4. The van der Waals surface area contributed by atoms with Crippen molar-refractivity contribution in [3.8, 4) is 5.75 Å². The lowest BCUT2D eigenvalue weighted by Gasteiger charge is -2.25. The molecule has 1 heterocycles. The zero-order valence-corrected chi connectivity index (χ0v) is 15.4. The number of rotatable bonds is 6. The maximum atomic E-state index is 13.2. The highest BCUT2D eigenvalue weighted by Gasteiger charge is 2.21. The predicted octanol–water partition coefficient (Wildman–Crippen LogP) is 2.36. The highest BCUT2D eigenvalue weighted by molar-refractivity contribution is 5.99. The molecule has 142 valence electrons. The van der Waals surface area contributed by atoms with Crippen LogP contribution in [0.5, 0.6) is 5.75 Å². The Bertz CT molecular complexity index is 837. The van der Waals surface area contributed by atoms with Gasteiger partial charge in [0, 0.05) is 25.2 Å². The number of hydrogen-bond donors (Lipinski definition) is 1. The minimum absolute atomic E-state index is 0.0280. The Morgan fingerprint density at radius 3 is 2.59 bits per heavy atom. The van der Waals surface area contributed by atoms with Gasteiger partial charge in [0.05, 0.1) is 5.69 Å². The van der Waals surface area contributed by atoms with E-state index in [1.165, 1.54) is 12.1 Å². The molecule has 0 bridgehead atoms. The molecule has 0 saturated heterocycles. The lowest BCUT2D eigenvalue weighted by molar-refractivity contribution is -0.118. The molecule has 0 unspecified atom stereocenters. The maximum Gasteiger partial charge on any atom is 0.262 e. The molecule has 1 aliphatic heterocycles. The van der Waals surface area contributed by atoms with Gasteiger partial charge in [0.1, 0.15) is 11.6 Å². The number of nitrogens with one attached hydrogen (secondary N) is 1. The van der Waals surface area contributed by atoms with Gasteiger partial charge in [-0.1, -0.05) is 12.1 Å². The van der Waals surface area contributed by atoms with Crippen molar-refractivity contribution in [3.63, 3.8) is 0 Å². The number of anilines is 1. The van der Waals surface area contributed by atoms with Gasteiger partial charge in [0.2, 0.25) is 0 Å². The number of fused-ring (bicyclic) bond motifs is 1. The van der Waals surface area contributed by atoms with E-state index < -0.39 is 0 Å². The van der Waals surface area contributed by atoms with Gasteiger partial charge in [-0.15, -0.1) is 0 Å². The average molecular weight is 371 g/mol. The van der Waals surface area contributed by atoms with E-state index in [9.17, 15) is 14.0 Å². The highest BCUT2D eigenvalue weighted by Crippen LogP contribution is 2.29. The van der Waals surface area contributed by atoms with E-state index in [2.05, 4.69) is 5.32 Å². The Hall–Kier alpha value is -2.93. The van der Waals surface area contributed by atoms with Gasteiger partial charge in [0.25, 0.3) is 11.8 Å². The molecule has 0 aromatic heterocycles. The molecule has 6 nitrogen and oxygen atoms in total. The third kappa shape index (κ3) is 4.83. The summed E-state index contributed by atoms with van der Waals surface area (Å²) in [6, 6.07) is 11.1. The summed E-state index contributed by atoms with van der Waals surface area (Å²) >= 11 is 0. The number of likely N-dealkylation sites (N-methyl/N-ethyl adjacent to an activating group) is 1. The highest BCUT2D eigenvalue weighted by atomic mass is 19.1. The number of benzene rings is 2. The Morgan fingerprint density at radius 2 is 1.89 bits per heavy atom. The zero-order chi connectivity index (χ0) is 19.4. The van der Waals surface area contributed by atoms with Gasteiger partial charge in [-0.3, -0.25) is 9.59 Å². The minimum atomic E-state index is -0.310. The summed E-state index contributed by atoms with van der Waals surface area (Å²) in [4.78, 5) is 28.3. The topological polar surface area (TPSA) is 61.9 Å². The van der Waals surface area contributed by atoms with Crippen LogP contribution in [-0.2, 0) is 11.3 Å². The Balaban J connectivity index is 1.82. The van der Waals surface area contributed by atoms with Crippen LogP contribution in [0, 0.1) is 5.82 Å². The maximum absolute atomic E-state index is 13.2. The molecule has 27 heavy (non-hydrogen) atoms. The van der Waals surface area contributed by atoms with Crippen LogP contribution in [0.25, 0.3) is 0 Å². The molecule has 0 saturated carbocycles. The van der Waals surface area contributed by atoms with E-state index >= 15 is 0 Å². The fraction of sp³-hybridized carbons (Fsp3) is 0.300. The first-order valence-corrected chi connectivity index (χ1v) is 8.67. The van der Waals surface area contributed by atoms with E-state index in [-0.39, 0.29) is 24.2 Å². The Labute approximate surface area is 157 Å². The van der Waals surface area contributed by atoms with Gasteiger partial charge in [-0.05, 0) is 50.0 Å². The molecule has 3 rings (SSSR count). The first-order valence-electron chi connectivity index (χ1n) is 8.67. The van der Waals surface area contributed by atoms with Crippen molar-refractivity contribution in [2.75, 3.05) is 39.1 Å². The van der Waals surface area contributed by atoms with Crippen LogP contribution in [0.1, 0.15) is 15.9 Å². The third-order valence-corrected chi connectivity index (χ3v) is 4.25. The van der Waals surface area contributed by atoms with Crippen LogP contribution < -0.4 is 10.1 Å². The molecule has 2 aromatic rings. The van der Waals surface area contributed by atoms with E-state index in [1.54, 1.807) is 35.2 Å². The standard InChI is InChI=1S/C20H22FN3O3/c1-23(2)9-10-24(12-14-3-6-16(21)7-4-14)20(26)15-5-8-18-17(11-15)22-19(25)13-27-18/h3-8,11H,9-10,12-13H2,1-2H3,(H,22,25). The summed E-state index contributed by atoms with van der Waals surface area (Å²) in [5, 5.41) is 2.72. The lowest BCUT2D eigenvalue weighted by Crippen LogP contribution is -2.36. The molecule has 0 fully saturated rings. The smallest absolute Gasteiger partial charge is 0.262 e. The van der Waals surface area contributed by atoms with Crippen molar-refractivity contribution in [3.05, 3.63) is 59.4 Å². The van der Waals surface area contributed by atoms with Crippen molar-refractivity contribution in [1.29, 1.82) is 0 Å². The summed E-state index contributed by atoms with van der Waals surface area (Å²) in [5.41, 5.74) is 1.80. The van der Waals surface area contributed by atoms with Crippen molar-refractivity contribution in [1.82, 2.24) is 9.80 Å². The Kier molecular flexibility index (Phi) is 5.71. The molecule has 0 atom stereocenters. The molecule has 0 radical (unpaired) electrons. The summed E-state index contributed by atoms with van der Waals surface area (Å²) in [6.45, 7) is 1.55. The first kappa shape index (κ1) is 18.8. The van der Waals surface area contributed by atoms with E-state index in [4.69, 9.17) is 4.74 Å². The second-order valence-electron chi connectivity index (χ2n) is 6.70. The summed E-state index contributed by atoms with van der Waals surface area (Å²) in [5.74, 6) is -0.174. The summed E-state index contributed by atoms with van der Waals surface area (Å²) in [6.07, 6.45) is 0. The average Bonchev–Trinajstić information content (AvgIpc) is 2.65. The zero-order valence-electron chi connectivity index (χ0n) is 15.4. The van der Waals surface area contributed by atoms with Crippen molar-refractivity contribution in [2.45, 2.75) is 6.54 Å². The minimum Gasteiger partial charge on any atom is -0.482 e. The summed E-state index contributed by atoms with van der Waals surface area (Å²) < 4.78 is 18.5. The van der Waals surface area contributed by atoms with Crippen LogP contribution in [0.15, 0.2) is 42.5 Å². The fourth-order valence-corrected chi connectivity index (χ4v) is 2.78. The predicted molar refractivity (Wildman–Crippen MR) is 100 cm³/mol. The Morgan fingerprint density at radius 1 is 1.15 bits per heavy atom. The largest absolute Gasteiger partial charge is 0.482 e. The second kappa shape index (κ2) is 8.18. The first-order chi connectivity index (χ1) is 12.9. The monoisotopic (exact) mass is 371 g/mol. The molecule has 1 N–H and O–H groups in total. The van der Waals surface area contributed by atoms with Gasteiger partial charge >= 0.3 is 0 Å². The molecule has 0 aliphatic carbocycles. The van der Waals surface area contributed by atoms with E-state index in [0.717, 1.165) is 5.56 Å². The van der Waals surface area contributed by atoms with Crippen molar-refractivity contribution >= 4 is 17.5 Å². The van der Waals surface area contributed by atoms with Crippen LogP contribution in [0.2, 0.25) is 0 Å². The number of ether oxygens (including phenoxy) is 1. The molecule has 2 aromatic carbocycles. The fourth-order valence-electron chi connectivity index (χ4n) is 2.78. The van der Waals surface area contributed by atoms with Crippen LogP contribution in [0.3, 0.4) is 0 Å². The van der Waals surface area contributed by atoms with Crippen LogP contribution in [-0.4, -0.2) is 55.4 Å². The number of halogens is 1. The molecular formula is C20H22FN3O3. The van der Waals surface area contributed by atoms with Gasteiger partial charge in [0.15, 0.2) is 6.61 Å². The molecule has 1 aliphatic rings. The molecular weight excluding hydrogens is 349 g/mol. The quantitative estimate of drug-likeness (QED) is 0.847. The third-order valence-electron chi connectivity index (χ3n) is 4.25. The lowest BCUT2D eigenvalue weighted by atomic mass is 10.1. The van der Waals surface area contributed by atoms with Gasteiger partial charge in [-0.25, -0.2) is 4.39 Å². The molecule has 0 spiro atoms. The number of amides is 2. The van der Waals surface area contributed by atoms with E-state index in [0.29, 0.717) is 36.6 Å². The van der Waals surface area contributed by atoms with Crippen molar-refractivity contribution in [2.24, 2.45) is 0 Å². The summed E-state index contributed by atoms with van der Waals surface area (Å²) in [7, 11) is 3.87. The number of carbonyl (C=O) groups excluding carboxylic acids is 2. The molecule has 7 heteroatoms. The van der Waals surface area contributed by atoms with Crippen LogP contribution >= 0.6 is 0 Å². The second-order valence-corrected chi connectivity index (χ2v) is 6.70. The SMILES string of the molecule is CN(C)CCN(Cc1ccc(F)cc1)C(=O)c1ccc2c(c1)NC(=O)CO2.